The zero-order valence-corrected chi connectivity index (χ0v) is 7.61. The topological polar surface area (TPSA) is 101 Å². The lowest BCUT2D eigenvalue weighted by atomic mass is 10.7. The molecule has 0 saturated carbocycles. The molecule has 1 heterocycles. The number of hydrogen-bond acceptors (Lipinski definition) is 3. The summed E-state index contributed by atoms with van der Waals surface area (Å²) in [6, 6.07) is 0. The van der Waals surface area contributed by atoms with Crippen LogP contribution in [0.15, 0.2) is 10.7 Å². The Hall–Kier alpha value is -0.600. The number of aromatic amines is 1. The molecule has 1 aromatic heterocycles. The van der Waals surface area contributed by atoms with Crippen LogP contribution in [0.3, 0.4) is 0 Å². The van der Waals surface area contributed by atoms with Crippen LogP contribution in [0, 0.1) is 0 Å². The number of nitrogens with two attached hydrogens (primary N) is 1. The Labute approximate surface area is 71.5 Å². The van der Waals surface area contributed by atoms with E-state index in [-0.39, 0.29) is 5.82 Å². The molecular formula is C3H5BrN4O2S. The van der Waals surface area contributed by atoms with Crippen molar-refractivity contribution in [2.75, 3.05) is 4.72 Å². The number of aromatic nitrogens is 2. The van der Waals surface area contributed by atoms with Gasteiger partial charge in [-0.2, -0.15) is 13.5 Å². The molecule has 0 unspecified atom stereocenters. The molecule has 0 fully saturated rings. The minimum atomic E-state index is -3.72. The molecule has 0 aliphatic rings. The molecule has 8 heteroatoms. The first-order valence-electron chi connectivity index (χ1n) is 2.48. The average Bonchev–Trinajstić information content (AvgIpc) is 2.12. The summed E-state index contributed by atoms with van der Waals surface area (Å²) in [5, 5.41) is 10.6. The van der Waals surface area contributed by atoms with E-state index >= 15 is 0 Å². The van der Waals surface area contributed by atoms with Crippen LogP contribution in [0.5, 0.6) is 0 Å². The molecule has 0 radical (unpaired) electrons. The van der Waals surface area contributed by atoms with Crippen LogP contribution < -0.4 is 9.86 Å². The minimum absolute atomic E-state index is 0.215. The van der Waals surface area contributed by atoms with Gasteiger partial charge in [0, 0.05) is 0 Å². The standard InChI is InChI=1S/C3H5BrN4O2S/c4-2-1-6-7-3(2)8-11(5,9)10/h1H,(H2,5,9,10)(H2,6,7,8). The van der Waals surface area contributed by atoms with Gasteiger partial charge in [-0.05, 0) is 15.9 Å². The van der Waals surface area contributed by atoms with Crippen molar-refractivity contribution in [1.29, 1.82) is 0 Å². The molecule has 0 aliphatic heterocycles. The van der Waals surface area contributed by atoms with Gasteiger partial charge in [-0.25, -0.2) is 5.14 Å². The van der Waals surface area contributed by atoms with Crippen LogP contribution in [0.25, 0.3) is 0 Å². The molecule has 11 heavy (non-hydrogen) atoms. The van der Waals surface area contributed by atoms with Crippen LogP contribution in [0.4, 0.5) is 5.82 Å². The van der Waals surface area contributed by atoms with Crippen molar-refractivity contribution in [3.8, 4) is 0 Å². The Bertz CT molecular complexity index is 344. The van der Waals surface area contributed by atoms with E-state index in [0.717, 1.165) is 0 Å². The van der Waals surface area contributed by atoms with Crippen LogP contribution in [-0.4, -0.2) is 18.6 Å². The lowest BCUT2D eigenvalue weighted by Crippen LogP contribution is -2.22. The molecule has 1 rings (SSSR count). The summed E-state index contributed by atoms with van der Waals surface area (Å²) in [5.74, 6) is 0.215. The molecule has 0 aliphatic carbocycles. The van der Waals surface area contributed by atoms with Gasteiger partial charge in [-0.15, -0.1) is 0 Å². The number of nitrogens with zero attached hydrogens (tertiary/aromatic N) is 1. The largest absolute Gasteiger partial charge is 0.297 e. The van der Waals surface area contributed by atoms with E-state index in [2.05, 4.69) is 31.3 Å². The summed E-state index contributed by atoms with van der Waals surface area (Å²) < 4.78 is 23.4. The second-order valence-corrected chi connectivity index (χ2v) is 3.89. The molecule has 0 bridgehead atoms. The first-order valence-corrected chi connectivity index (χ1v) is 4.82. The highest BCUT2D eigenvalue weighted by Crippen LogP contribution is 2.17. The maximum absolute atomic E-state index is 10.4. The lowest BCUT2D eigenvalue weighted by Gasteiger charge is -1.98. The molecule has 1 aromatic rings. The first-order chi connectivity index (χ1) is 4.99. The molecule has 0 spiro atoms. The van der Waals surface area contributed by atoms with Crippen molar-refractivity contribution in [2.24, 2.45) is 5.14 Å². The summed E-state index contributed by atoms with van der Waals surface area (Å²) in [6.45, 7) is 0. The highest BCUT2D eigenvalue weighted by atomic mass is 79.9. The highest BCUT2D eigenvalue weighted by Gasteiger charge is 2.06. The van der Waals surface area contributed by atoms with Crippen molar-refractivity contribution in [1.82, 2.24) is 10.2 Å². The fourth-order valence-corrected chi connectivity index (χ4v) is 1.35. The van der Waals surface area contributed by atoms with Crippen molar-refractivity contribution >= 4 is 32.0 Å². The lowest BCUT2D eigenvalue weighted by molar-refractivity contribution is 0.602. The van der Waals surface area contributed by atoms with Crippen molar-refractivity contribution in [3.63, 3.8) is 0 Å². The van der Waals surface area contributed by atoms with Gasteiger partial charge in [-0.1, -0.05) is 0 Å². The summed E-state index contributed by atoms with van der Waals surface area (Å²) in [4.78, 5) is 0. The van der Waals surface area contributed by atoms with Gasteiger partial charge in [0.25, 0.3) is 10.2 Å². The first kappa shape index (κ1) is 8.50. The second kappa shape index (κ2) is 2.80. The van der Waals surface area contributed by atoms with Gasteiger partial charge < -0.3 is 0 Å². The Morgan fingerprint density at radius 2 is 2.36 bits per heavy atom. The Morgan fingerprint density at radius 3 is 2.73 bits per heavy atom. The summed E-state index contributed by atoms with van der Waals surface area (Å²) in [6.07, 6.45) is 1.41. The van der Waals surface area contributed by atoms with Crippen molar-refractivity contribution in [3.05, 3.63) is 10.7 Å². The maximum Gasteiger partial charge on any atom is 0.297 e. The van der Waals surface area contributed by atoms with Gasteiger partial charge in [0.1, 0.15) is 0 Å². The smallest absolute Gasteiger partial charge is 0.261 e. The normalized spacial score (nSPS) is 11.5. The van der Waals surface area contributed by atoms with E-state index in [1.807, 2.05) is 4.72 Å². The number of hydrogen-bond donors (Lipinski definition) is 3. The number of nitrogens with one attached hydrogen (secondary N) is 2. The second-order valence-electron chi connectivity index (χ2n) is 1.74. The average molecular weight is 241 g/mol. The molecule has 0 saturated heterocycles. The highest BCUT2D eigenvalue weighted by molar-refractivity contribution is 9.10. The Balaban J connectivity index is 2.89. The fraction of sp³-hybridized carbons (Fsp3) is 0. The fourth-order valence-electron chi connectivity index (χ4n) is 0.485. The van der Waals surface area contributed by atoms with Gasteiger partial charge in [0.05, 0.1) is 10.7 Å². The van der Waals surface area contributed by atoms with Crippen LogP contribution in [-0.2, 0) is 10.2 Å². The summed E-state index contributed by atoms with van der Waals surface area (Å²) in [5.41, 5.74) is 0. The number of anilines is 1. The predicted molar refractivity (Wildman–Crippen MR) is 43.0 cm³/mol. The van der Waals surface area contributed by atoms with Crippen molar-refractivity contribution in [2.45, 2.75) is 0 Å². The quantitative estimate of drug-likeness (QED) is 0.667. The van der Waals surface area contributed by atoms with Crippen LogP contribution in [0.1, 0.15) is 0 Å². The van der Waals surface area contributed by atoms with E-state index in [1.54, 1.807) is 0 Å². The minimum Gasteiger partial charge on any atom is -0.261 e. The molecule has 6 nitrogen and oxygen atoms in total. The van der Waals surface area contributed by atoms with Gasteiger partial charge in [-0.3, -0.25) is 9.82 Å². The van der Waals surface area contributed by atoms with Crippen LogP contribution >= 0.6 is 15.9 Å². The number of H-pyrrole nitrogens is 1. The third kappa shape index (κ3) is 2.48. The zero-order chi connectivity index (χ0) is 8.48. The molecule has 62 valence electrons. The molecule has 4 N–H and O–H groups in total. The number of rotatable bonds is 2. The van der Waals surface area contributed by atoms with Gasteiger partial charge >= 0.3 is 0 Å². The molecule has 0 aromatic carbocycles. The monoisotopic (exact) mass is 240 g/mol. The van der Waals surface area contributed by atoms with E-state index in [9.17, 15) is 8.42 Å². The molecule has 0 atom stereocenters. The zero-order valence-electron chi connectivity index (χ0n) is 5.20. The maximum atomic E-state index is 10.4. The third-order valence-electron chi connectivity index (χ3n) is 0.837. The van der Waals surface area contributed by atoms with Gasteiger partial charge in [0.2, 0.25) is 0 Å². The number of halogens is 1. The predicted octanol–water partition coefficient (Wildman–Crippen LogP) is -0.212. The summed E-state index contributed by atoms with van der Waals surface area (Å²) in [7, 11) is -3.72. The van der Waals surface area contributed by atoms with E-state index in [0.29, 0.717) is 4.47 Å². The molecule has 0 amide bonds. The Morgan fingerprint density at radius 1 is 1.73 bits per heavy atom. The van der Waals surface area contributed by atoms with Crippen molar-refractivity contribution < 1.29 is 8.42 Å². The van der Waals surface area contributed by atoms with E-state index in [1.165, 1.54) is 6.20 Å². The Kier molecular flexibility index (Phi) is 2.16. The van der Waals surface area contributed by atoms with E-state index in [4.69, 9.17) is 0 Å². The third-order valence-corrected chi connectivity index (χ3v) is 1.93. The summed E-state index contributed by atoms with van der Waals surface area (Å²) >= 11 is 3.04. The van der Waals surface area contributed by atoms with E-state index < -0.39 is 10.2 Å². The van der Waals surface area contributed by atoms with Gasteiger partial charge in [0.15, 0.2) is 5.82 Å². The molecular weight excluding hydrogens is 236 g/mol. The SMILES string of the molecule is NS(=O)(=O)Nc1[nH]ncc1Br. The van der Waals surface area contributed by atoms with Crippen LogP contribution in [0.2, 0.25) is 0 Å².